The number of nitrogens with one attached hydrogen (secondary N) is 1. The average molecular weight is 556 g/mol. The summed E-state index contributed by atoms with van der Waals surface area (Å²) >= 11 is 0. The molecule has 2 aromatic rings. The molecule has 0 radical (unpaired) electrons. The van der Waals surface area contributed by atoms with Crippen molar-refractivity contribution in [2.75, 3.05) is 18.9 Å². The molecule has 4 aliphatic heterocycles. The van der Waals surface area contributed by atoms with Gasteiger partial charge in [0.2, 0.25) is 5.95 Å². The molecule has 1 aromatic carbocycles. The van der Waals surface area contributed by atoms with Crippen LogP contribution in [0, 0.1) is 5.92 Å². The number of hydrogen-bond acceptors (Lipinski definition) is 12. The number of likely N-dealkylation sites (tertiary alicyclic amines) is 1. The number of aryl methyl sites for hydroxylation is 1. The number of rotatable bonds is 3. The molecule has 8 rings (SSSR count). The zero-order valence-corrected chi connectivity index (χ0v) is 21.9. The van der Waals surface area contributed by atoms with Crippen molar-refractivity contribution in [2.45, 2.75) is 86.4 Å². The average Bonchev–Trinajstić information content (AvgIpc) is 3.52. The number of phenolic OH excluding ortho intramolecular Hbond substituents is 1. The molecule has 11 atom stereocenters. The van der Waals surface area contributed by atoms with Crippen molar-refractivity contribution < 1.29 is 39.7 Å². The van der Waals surface area contributed by atoms with Crippen molar-refractivity contribution in [1.29, 1.82) is 0 Å². The van der Waals surface area contributed by atoms with Crippen molar-refractivity contribution in [3.05, 3.63) is 41.2 Å². The number of nitrogens with zero attached hydrogens (tertiary/aromatic N) is 4. The Kier molecular flexibility index (Phi) is 5.38. The van der Waals surface area contributed by atoms with Crippen LogP contribution in [0.4, 0.5) is 5.95 Å². The van der Waals surface area contributed by atoms with E-state index in [-0.39, 0.29) is 23.5 Å². The maximum absolute atomic E-state index is 10.9. The maximum atomic E-state index is 10.9. The summed E-state index contributed by atoms with van der Waals surface area (Å²) in [6.45, 7) is 1.29. The number of aromatic hydroxyl groups is 1. The van der Waals surface area contributed by atoms with Gasteiger partial charge in [0.1, 0.15) is 36.7 Å². The van der Waals surface area contributed by atoms with Crippen LogP contribution in [0.5, 0.6) is 11.5 Å². The standard InChI is InChI=1S/C27H33N5O8/c1-31-9-7-27-12-3-5-15(23(27)39-21-14(33)4-2-11(17(21)27)10-13(12)31)38-25-20(37)18(35)19(36)22(40-25)24-29-26-28-16(34)6-8-32(26)30-24/h2-5,12-13,15-16,18-20,22-23,25,33-37H,6-10H2,1H3,(H,28,29,30)/t12?,13-,15+,16?,18+,19+,20-,22?,23+,25-,27+/m1/s1. The Morgan fingerprint density at radius 2 is 1.95 bits per heavy atom. The van der Waals surface area contributed by atoms with Gasteiger partial charge in [-0.2, -0.15) is 10.1 Å². The molecule has 13 nitrogen and oxygen atoms in total. The summed E-state index contributed by atoms with van der Waals surface area (Å²) in [5.41, 5.74) is 1.80. The highest BCUT2D eigenvalue weighted by Crippen LogP contribution is 2.62. The number of aromatic nitrogens is 3. The van der Waals surface area contributed by atoms with Crippen LogP contribution in [0.3, 0.4) is 0 Å². The summed E-state index contributed by atoms with van der Waals surface area (Å²) in [7, 11) is 2.14. The Morgan fingerprint density at radius 3 is 2.80 bits per heavy atom. The lowest BCUT2D eigenvalue weighted by molar-refractivity contribution is -0.314. The summed E-state index contributed by atoms with van der Waals surface area (Å²) in [6.07, 6.45) is -2.86. The first-order valence-electron chi connectivity index (χ1n) is 13.9. The molecular formula is C27H33N5O8. The number of benzene rings is 1. The third kappa shape index (κ3) is 3.27. The molecule has 13 heteroatoms. The van der Waals surface area contributed by atoms with E-state index in [1.165, 1.54) is 5.56 Å². The fourth-order valence-electron chi connectivity index (χ4n) is 7.87. The quantitative estimate of drug-likeness (QED) is 0.259. The van der Waals surface area contributed by atoms with Crippen molar-refractivity contribution >= 4 is 5.95 Å². The van der Waals surface area contributed by atoms with Crippen LogP contribution in [0.2, 0.25) is 0 Å². The second kappa shape index (κ2) is 8.61. The Balaban J connectivity index is 1.12. The molecule has 2 saturated heterocycles. The third-order valence-electron chi connectivity index (χ3n) is 9.84. The first-order chi connectivity index (χ1) is 19.3. The molecule has 2 fully saturated rings. The zero-order valence-electron chi connectivity index (χ0n) is 21.9. The molecule has 1 aromatic heterocycles. The Bertz CT molecular complexity index is 1380. The number of aliphatic hydroxyl groups is 4. The molecule has 0 amide bonds. The van der Waals surface area contributed by atoms with E-state index >= 15 is 0 Å². The highest BCUT2D eigenvalue weighted by molar-refractivity contribution is 5.61. The summed E-state index contributed by atoms with van der Waals surface area (Å²) in [4.78, 5) is 6.74. The van der Waals surface area contributed by atoms with Gasteiger partial charge in [0.15, 0.2) is 29.7 Å². The number of anilines is 1. The predicted molar refractivity (Wildman–Crippen MR) is 136 cm³/mol. The maximum Gasteiger partial charge on any atom is 0.223 e. The van der Waals surface area contributed by atoms with E-state index < -0.39 is 54.6 Å². The molecule has 2 aliphatic carbocycles. The number of hydrogen-bond donors (Lipinski definition) is 6. The first-order valence-corrected chi connectivity index (χ1v) is 13.9. The van der Waals surface area contributed by atoms with Gasteiger partial charge in [-0.05, 0) is 38.1 Å². The number of phenols is 1. The van der Waals surface area contributed by atoms with E-state index in [1.54, 1.807) is 10.7 Å². The fraction of sp³-hybridized carbons (Fsp3) is 0.630. The van der Waals surface area contributed by atoms with Crippen LogP contribution in [0.25, 0.3) is 0 Å². The number of ether oxygens (including phenoxy) is 3. The van der Waals surface area contributed by atoms with Crippen LogP contribution in [0.15, 0.2) is 24.3 Å². The van der Waals surface area contributed by atoms with E-state index in [0.29, 0.717) is 24.7 Å². The predicted octanol–water partition coefficient (Wildman–Crippen LogP) is -0.872. The summed E-state index contributed by atoms with van der Waals surface area (Å²) in [5.74, 6) is 1.18. The van der Waals surface area contributed by atoms with Crippen LogP contribution in [0.1, 0.15) is 35.9 Å². The van der Waals surface area contributed by atoms with Crippen molar-refractivity contribution in [3.8, 4) is 11.5 Å². The summed E-state index contributed by atoms with van der Waals surface area (Å²) in [6, 6.07) is 3.95. The van der Waals surface area contributed by atoms with Crippen LogP contribution < -0.4 is 10.1 Å². The third-order valence-corrected chi connectivity index (χ3v) is 9.84. The second-order valence-electron chi connectivity index (χ2n) is 11.9. The van der Waals surface area contributed by atoms with Crippen molar-refractivity contribution in [3.63, 3.8) is 0 Å². The van der Waals surface area contributed by atoms with Gasteiger partial charge in [-0.1, -0.05) is 18.2 Å². The molecule has 0 saturated carbocycles. The second-order valence-corrected chi connectivity index (χ2v) is 11.9. The fourth-order valence-corrected chi connectivity index (χ4v) is 7.87. The van der Waals surface area contributed by atoms with Crippen molar-refractivity contribution in [1.82, 2.24) is 19.7 Å². The Hall–Kier alpha value is -2.78. The van der Waals surface area contributed by atoms with E-state index in [4.69, 9.17) is 14.2 Å². The number of fused-ring (bicyclic) bond motifs is 1. The largest absolute Gasteiger partial charge is 0.504 e. The lowest BCUT2D eigenvalue weighted by Crippen LogP contribution is -2.66. The van der Waals surface area contributed by atoms with Gasteiger partial charge < -0.3 is 50.0 Å². The van der Waals surface area contributed by atoms with Crippen LogP contribution in [-0.2, 0) is 27.9 Å². The van der Waals surface area contributed by atoms with Gasteiger partial charge in [-0.3, -0.25) is 0 Å². The van der Waals surface area contributed by atoms with Gasteiger partial charge in [0.05, 0.1) is 0 Å². The van der Waals surface area contributed by atoms with Gasteiger partial charge in [0.25, 0.3) is 0 Å². The molecule has 6 aliphatic rings. The molecule has 214 valence electrons. The van der Waals surface area contributed by atoms with Gasteiger partial charge in [-0.25, -0.2) is 4.68 Å². The lowest BCUT2D eigenvalue weighted by atomic mass is 9.53. The molecule has 1 spiro atoms. The molecule has 5 heterocycles. The normalized spacial score (nSPS) is 43.0. The lowest BCUT2D eigenvalue weighted by Gasteiger charge is -2.57. The van der Waals surface area contributed by atoms with Gasteiger partial charge in [-0.15, -0.1) is 0 Å². The van der Waals surface area contributed by atoms with Crippen LogP contribution >= 0.6 is 0 Å². The van der Waals surface area contributed by atoms with E-state index in [1.807, 2.05) is 12.1 Å². The van der Waals surface area contributed by atoms with Crippen LogP contribution in [-0.4, -0.2) is 108 Å². The summed E-state index contributed by atoms with van der Waals surface area (Å²) < 4.78 is 20.5. The minimum Gasteiger partial charge on any atom is -0.504 e. The number of likely N-dealkylation sites (N-methyl/N-ethyl adjacent to an activating group) is 1. The topological polar surface area (TPSA) is 175 Å². The monoisotopic (exact) mass is 555 g/mol. The minimum absolute atomic E-state index is 0.0958. The zero-order chi connectivity index (χ0) is 27.5. The van der Waals surface area contributed by atoms with E-state index in [9.17, 15) is 25.5 Å². The first kappa shape index (κ1) is 25.0. The highest BCUT2D eigenvalue weighted by atomic mass is 16.7. The molecule has 6 N–H and O–H groups in total. The van der Waals surface area contributed by atoms with E-state index in [0.717, 1.165) is 24.9 Å². The molecular weight excluding hydrogens is 522 g/mol. The number of piperidine rings is 1. The molecule has 2 bridgehead atoms. The Morgan fingerprint density at radius 1 is 1.10 bits per heavy atom. The highest BCUT2D eigenvalue weighted by Gasteiger charge is 2.65. The van der Waals surface area contributed by atoms with Gasteiger partial charge >= 0.3 is 0 Å². The molecule has 40 heavy (non-hydrogen) atoms. The SMILES string of the molecule is CN1CC[C@]23c4c5ccc(O)c4O[C@H]2[C@@H](O[C@@H]2OC(c4nc6n(n4)CCC(O)N6)[C@@H](O)[C@H](O)[C@H]2O)C=CC3[C@H]1C5. The smallest absolute Gasteiger partial charge is 0.223 e. The Labute approximate surface area is 229 Å². The summed E-state index contributed by atoms with van der Waals surface area (Å²) in [5, 5.41) is 60.4. The molecule has 3 unspecified atom stereocenters. The van der Waals surface area contributed by atoms with E-state index in [2.05, 4.69) is 33.4 Å². The minimum atomic E-state index is -1.58. The number of aliphatic hydroxyl groups excluding tert-OH is 4. The van der Waals surface area contributed by atoms with Crippen molar-refractivity contribution in [2.24, 2.45) is 5.92 Å². The van der Waals surface area contributed by atoms with Gasteiger partial charge in [0, 0.05) is 35.9 Å².